The molecule has 0 N–H and O–H groups in total. The first-order valence-electron chi connectivity index (χ1n) is 7.72. The Hall–Kier alpha value is -2.37. The zero-order valence-electron chi connectivity index (χ0n) is 13.6. The summed E-state index contributed by atoms with van der Waals surface area (Å²) < 4.78 is 4.66. The molecule has 23 heavy (non-hydrogen) atoms. The van der Waals surface area contributed by atoms with Crippen LogP contribution >= 0.6 is 0 Å². The molecule has 1 saturated heterocycles. The van der Waals surface area contributed by atoms with Crippen molar-refractivity contribution in [1.82, 2.24) is 9.80 Å². The monoisotopic (exact) mass is 318 g/mol. The van der Waals surface area contributed by atoms with Gasteiger partial charge in [0, 0.05) is 44.6 Å². The number of ketones is 1. The smallest absolute Gasteiger partial charge is 0.409 e. The molecular formula is C17H22N2O4. The minimum Gasteiger partial charge on any atom is -0.453 e. The fourth-order valence-electron chi connectivity index (χ4n) is 2.53. The van der Waals surface area contributed by atoms with E-state index in [-0.39, 0.29) is 30.6 Å². The lowest BCUT2D eigenvalue weighted by Gasteiger charge is -2.33. The lowest BCUT2D eigenvalue weighted by Crippen LogP contribution is -2.50. The Bertz CT molecular complexity index is 575. The van der Waals surface area contributed by atoms with Crippen LogP contribution < -0.4 is 0 Å². The highest BCUT2D eigenvalue weighted by Crippen LogP contribution is 2.10. The molecule has 6 nitrogen and oxygen atoms in total. The minimum atomic E-state index is -0.369. The van der Waals surface area contributed by atoms with E-state index in [1.807, 2.05) is 19.1 Å². The van der Waals surface area contributed by atoms with Crippen molar-refractivity contribution >= 4 is 17.8 Å². The van der Waals surface area contributed by atoms with Gasteiger partial charge in [-0.1, -0.05) is 29.8 Å². The fraction of sp³-hybridized carbons (Fsp3) is 0.471. The van der Waals surface area contributed by atoms with E-state index in [2.05, 4.69) is 4.74 Å². The van der Waals surface area contributed by atoms with Gasteiger partial charge in [-0.15, -0.1) is 0 Å². The lowest BCUT2D eigenvalue weighted by molar-refractivity contribution is -0.132. The molecule has 1 heterocycles. The molecule has 1 aliphatic rings. The van der Waals surface area contributed by atoms with E-state index in [9.17, 15) is 14.4 Å². The van der Waals surface area contributed by atoms with Crippen LogP contribution in [0.15, 0.2) is 24.3 Å². The summed E-state index contributed by atoms with van der Waals surface area (Å²) in [6, 6.07) is 7.36. The van der Waals surface area contributed by atoms with E-state index in [0.29, 0.717) is 31.7 Å². The van der Waals surface area contributed by atoms with Crippen LogP contribution in [0.5, 0.6) is 0 Å². The van der Waals surface area contributed by atoms with E-state index in [0.717, 1.165) is 5.56 Å². The maximum absolute atomic E-state index is 12.2. The molecule has 0 aromatic heterocycles. The predicted molar refractivity (Wildman–Crippen MR) is 85.3 cm³/mol. The zero-order valence-corrected chi connectivity index (χ0v) is 13.6. The number of ether oxygens (including phenoxy) is 1. The van der Waals surface area contributed by atoms with Crippen LogP contribution in [0.3, 0.4) is 0 Å². The average molecular weight is 318 g/mol. The topological polar surface area (TPSA) is 66.9 Å². The molecule has 1 aliphatic heterocycles. The van der Waals surface area contributed by atoms with Gasteiger partial charge in [-0.2, -0.15) is 0 Å². The number of rotatable bonds is 4. The second-order valence-electron chi connectivity index (χ2n) is 5.63. The van der Waals surface area contributed by atoms with Gasteiger partial charge in [-0.25, -0.2) is 4.79 Å². The Morgan fingerprint density at radius 1 is 0.957 bits per heavy atom. The maximum atomic E-state index is 12.2. The number of amides is 2. The second-order valence-corrected chi connectivity index (χ2v) is 5.63. The Labute approximate surface area is 136 Å². The third-order valence-electron chi connectivity index (χ3n) is 4.00. The molecule has 0 bridgehead atoms. The number of piperazine rings is 1. The Morgan fingerprint density at radius 3 is 2.09 bits per heavy atom. The number of nitrogens with zero attached hydrogens (tertiary/aromatic N) is 2. The van der Waals surface area contributed by atoms with Crippen LogP contribution in [0.1, 0.15) is 28.8 Å². The Kier molecular flexibility index (Phi) is 5.73. The van der Waals surface area contributed by atoms with Gasteiger partial charge in [0.1, 0.15) is 0 Å². The van der Waals surface area contributed by atoms with Crippen LogP contribution in [-0.2, 0) is 9.53 Å². The Morgan fingerprint density at radius 2 is 1.52 bits per heavy atom. The van der Waals surface area contributed by atoms with E-state index in [4.69, 9.17) is 0 Å². The number of carbonyl (C=O) groups is 3. The van der Waals surface area contributed by atoms with Crippen LogP contribution in [0.4, 0.5) is 4.79 Å². The highest BCUT2D eigenvalue weighted by molar-refractivity contribution is 5.98. The van der Waals surface area contributed by atoms with Gasteiger partial charge in [0.15, 0.2) is 5.78 Å². The summed E-state index contributed by atoms with van der Waals surface area (Å²) in [5.41, 5.74) is 1.74. The SMILES string of the molecule is COC(=O)N1CCN(C(=O)CCC(=O)c2ccc(C)cc2)CC1. The highest BCUT2D eigenvalue weighted by Gasteiger charge is 2.24. The summed E-state index contributed by atoms with van der Waals surface area (Å²) in [5, 5.41) is 0. The van der Waals surface area contributed by atoms with Crippen molar-refractivity contribution in [2.45, 2.75) is 19.8 Å². The number of carbonyl (C=O) groups excluding carboxylic acids is 3. The summed E-state index contributed by atoms with van der Waals surface area (Å²) in [4.78, 5) is 38.9. The standard InChI is InChI=1S/C17H22N2O4/c1-13-3-5-14(6-4-13)15(20)7-8-16(21)18-9-11-19(12-10-18)17(22)23-2/h3-6H,7-12H2,1-2H3. The molecule has 0 atom stereocenters. The van der Waals surface area contributed by atoms with Crippen molar-refractivity contribution in [1.29, 1.82) is 0 Å². The molecule has 0 radical (unpaired) electrons. The lowest BCUT2D eigenvalue weighted by atomic mass is 10.0. The van der Waals surface area contributed by atoms with Gasteiger partial charge in [0.25, 0.3) is 0 Å². The fourth-order valence-corrected chi connectivity index (χ4v) is 2.53. The number of methoxy groups -OCH3 is 1. The quantitative estimate of drug-likeness (QED) is 0.795. The average Bonchev–Trinajstić information content (AvgIpc) is 2.59. The summed E-state index contributed by atoms with van der Waals surface area (Å²) in [6.07, 6.45) is 0.0379. The predicted octanol–water partition coefficient (Wildman–Crippen LogP) is 1.87. The first-order valence-corrected chi connectivity index (χ1v) is 7.72. The highest BCUT2D eigenvalue weighted by atomic mass is 16.5. The molecule has 1 fully saturated rings. The second kappa shape index (κ2) is 7.76. The summed E-state index contributed by atoms with van der Waals surface area (Å²) >= 11 is 0. The van der Waals surface area contributed by atoms with Crippen molar-refractivity contribution in [3.05, 3.63) is 35.4 Å². The van der Waals surface area contributed by atoms with Crippen molar-refractivity contribution in [3.8, 4) is 0 Å². The van der Waals surface area contributed by atoms with Crippen LogP contribution in [0.2, 0.25) is 0 Å². The van der Waals surface area contributed by atoms with Crippen LogP contribution in [0, 0.1) is 6.92 Å². The summed E-state index contributed by atoms with van der Waals surface area (Å²) in [6.45, 7) is 3.85. The first kappa shape index (κ1) is 17.0. The summed E-state index contributed by atoms with van der Waals surface area (Å²) in [7, 11) is 1.34. The molecule has 1 aromatic carbocycles. The minimum absolute atomic E-state index is 0.0217. The molecule has 0 aliphatic carbocycles. The number of Topliss-reactive ketones (excluding diaryl/α,β-unsaturated/α-hetero) is 1. The van der Waals surface area contributed by atoms with E-state index in [1.54, 1.807) is 21.9 Å². The molecule has 1 aromatic rings. The number of aryl methyl sites for hydroxylation is 1. The van der Waals surface area contributed by atoms with E-state index >= 15 is 0 Å². The molecule has 6 heteroatoms. The van der Waals surface area contributed by atoms with Crippen molar-refractivity contribution < 1.29 is 19.1 Å². The normalized spacial score (nSPS) is 14.5. The van der Waals surface area contributed by atoms with Gasteiger partial charge in [-0.05, 0) is 6.92 Å². The third-order valence-corrected chi connectivity index (χ3v) is 4.00. The number of benzene rings is 1. The first-order chi connectivity index (χ1) is 11.0. The van der Waals surface area contributed by atoms with Crippen LogP contribution in [-0.4, -0.2) is 60.9 Å². The van der Waals surface area contributed by atoms with Crippen molar-refractivity contribution in [2.24, 2.45) is 0 Å². The van der Waals surface area contributed by atoms with Gasteiger partial charge >= 0.3 is 6.09 Å². The van der Waals surface area contributed by atoms with Gasteiger partial charge in [0.2, 0.25) is 5.91 Å². The molecule has 2 rings (SSSR count). The van der Waals surface area contributed by atoms with E-state index in [1.165, 1.54) is 7.11 Å². The summed E-state index contributed by atoms with van der Waals surface area (Å²) in [5.74, 6) is -0.0680. The van der Waals surface area contributed by atoms with Gasteiger partial charge in [-0.3, -0.25) is 9.59 Å². The van der Waals surface area contributed by atoms with Crippen LogP contribution in [0.25, 0.3) is 0 Å². The van der Waals surface area contributed by atoms with Crippen molar-refractivity contribution in [3.63, 3.8) is 0 Å². The number of hydrogen-bond acceptors (Lipinski definition) is 4. The third kappa shape index (κ3) is 4.55. The van der Waals surface area contributed by atoms with Crippen molar-refractivity contribution in [2.75, 3.05) is 33.3 Å². The molecule has 0 unspecified atom stereocenters. The molecule has 124 valence electrons. The maximum Gasteiger partial charge on any atom is 0.409 e. The van der Waals surface area contributed by atoms with Gasteiger partial charge < -0.3 is 14.5 Å². The van der Waals surface area contributed by atoms with Gasteiger partial charge in [0.05, 0.1) is 7.11 Å². The molecule has 0 saturated carbocycles. The molecule has 2 amide bonds. The Balaban J connectivity index is 1.78. The number of hydrogen-bond donors (Lipinski definition) is 0. The van der Waals surface area contributed by atoms with E-state index < -0.39 is 0 Å². The zero-order chi connectivity index (χ0) is 16.8. The molecule has 0 spiro atoms. The molecular weight excluding hydrogens is 296 g/mol. The largest absolute Gasteiger partial charge is 0.453 e.